The zero-order valence-electron chi connectivity index (χ0n) is 12.0. The average molecular weight is 331 g/mol. The van der Waals surface area contributed by atoms with Crippen molar-refractivity contribution in [1.29, 1.82) is 0 Å². The molecule has 0 saturated carbocycles. The highest BCUT2D eigenvalue weighted by atomic mass is 35.5. The second kappa shape index (κ2) is 6.46. The van der Waals surface area contributed by atoms with Crippen LogP contribution in [0.15, 0.2) is 59.6 Å². The molecule has 0 aliphatic heterocycles. The van der Waals surface area contributed by atoms with Gasteiger partial charge in [0.2, 0.25) is 5.91 Å². The molecule has 0 bridgehead atoms. The van der Waals surface area contributed by atoms with Gasteiger partial charge in [-0.2, -0.15) is 0 Å². The molecule has 3 nitrogen and oxygen atoms in total. The summed E-state index contributed by atoms with van der Waals surface area (Å²) in [4.78, 5) is 13.2. The Morgan fingerprint density at radius 1 is 1.23 bits per heavy atom. The van der Waals surface area contributed by atoms with E-state index in [-0.39, 0.29) is 5.91 Å². The van der Waals surface area contributed by atoms with Crippen LogP contribution in [0.5, 0.6) is 0 Å². The number of benzene rings is 2. The Bertz CT molecular complexity index is 828. The fourth-order valence-corrected chi connectivity index (χ4v) is 3.44. The lowest BCUT2D eigenvalue weighted by Crippen LogP contribution is -2.13. The molecule has 0 aliphatic carbocycles. The third-order valence-corrected chi connectivity index (χ3v) is 4.61. The molecule has 0 spiro atoms. The minimum atomic E-state index is -0.0415. The zero-order valence-corrected chi connectivity index (χ0v) is 13.6. The molecule has 0 saturated heterocycles. The van der Waals surface area contributed by atoms with E-state index in [4.69, 9.17) is 11.6 Å². The number of fused-ring (bicyclic) bond motifs is 1. The summed E-state index contributed by atoms with van der Waals surface area (Å²) in [5.74, 6) is 0.320. The molecule has 1 aromatic heterocycles. The van der Waals surface area contributed by atoms with Crippen molar-refractivity contribution in [3.05, 3.63) is 59.8 Å². The van der Waals surface area contributed by atoms with Crippen LogP contribution in [0.4, 0.5) is 5.69 Å². The Balaban J connectivity index is 1.68. The molecule has 3 aromatic rings. The highest BCUT2D eigenvalue weighted by Crippen LogP contribution is 2.29. The maximum absolute atomic E-state index is 12.1. The van der Waals surface area contributed by atoms with E-state index in [1.165, 1.54) is 22.7 Å². The number of carbonyl (C=O) groups excluding carboxylic acids is 1. The first-order valence-electron chi connectivity index (χ1n) is 6.86. The monoisotopic (exact) mass is 330 g/mol. The van der Waals surface area contributed by atoms with E-state index in [0.29, 0.717) is 10.8 Å². The van der Waals surface area contributed by atoms with E-state index in [2.05, 4.69) is 28.2 Å². The summed E-state index contributed by atoms with van der Waals surface area (Å²) >= 11 is 7.45. The first kappa shape index (κ1) is 15.0. The molecule has 1 N–H and O–H groups in total. The number of amides is 1. The molecule has 112 valence electrons. The van der Waals surface area contributed by atoms with Crippen LogP contribution >= 0.6 is 23.4 Å². The molecule has 0 atom stereocenters. The minimum absolute atomic E-state index is 0.0415. The highest BCUT2D eigenvalue weighted by molar-refractivity contribution is 8.00. The van der Waals surface area contributed by atoms with Crippen molar-refractivity contribution in [2.24, 2.45) is 7.05 Å². The van der Waals surface area contributed by atoms with Gasteiger partial charge in [0.25, 0.3) is 0 Å². The predicted molar refractivity (Wildman–Crippen MR) is 93.7 cm³/mol. The molecule has 0 radical (unpaired) electrons. The number of aromatic nitrogens is 1. The largest absolute Gasteiger partial charge is 0.349 e. The number of anilines is 1. The number of aryl methyl sites for hydroxylation is 1. The molecular weight excluding hydrogens is 316 g/mol. The van der Waals surface area contributed by atoms with Gasteiger partial charge in [-0.05, 0) is 24.3 Å². The molecular formula is C17H15ClN2OS. The molecule has 0 unspecified atom stereocenters. The summed E-state index contributed by atoms with van der Waals surface area (Å²) in [6.07, 6.45) is 2.06. The maximum atomic E-state index is 12.1. The van der Waals surface area contributed by atoms with Crippen LogP contribution in [-0.4, -0.2) is 16.2 Å². The van der Waals surface area contributed by atoms with Crippen molar-refractivity contribution in [2.45, 2.75) is 4.90 Å². The Morgan fingerprint density at radius 3 is 2.86 bits per heavy atom. The fraction of sp³-hybridized carbons (Fsp3) is 0.118. The maximum Gasteiger partial charge on any atom is 0.234 e. The van der Waals surface area contributed by atoms with E-state index in [1.54, 1.807) is 12.1 Å². The lowest BCUT2D eigenvalue weighted by molar-refractivity contribution is -0.113. The quantitative estimate of drug-likeness (QED) is 0.711. The van der Waals surface area contributed by atoms with Crippen molar-refractivity contribution in [2.75, 3.05) is 11.1 Å². The minimum Gasteiger partial charge on any atom is -0.349 e. The van der Waals surface area contributed by atoms with Crippen LogP contribution in [0.2, 0.25) is 5.02 Å². The Kier molecular flexibility index (Phi) is 4.41. The van der Waals surface area contributed by atoms with Gasteiger partial charge in [0.15, 0.2) is 0 Å². The first-order valence-corrected chi connectivity index (χ1v) is 8.22. The molecule has 1 amide bonds. The van der Waals surface area contributed by atoms with Crippen molar-refractivity contribution < 1.29 is 4.79 Å². The molecule has 2 aromatic carbocycles. The normalized spacial score (nSPS) is 10.8. The first-order chi connectivity index (χ1) is 10.6. The highest BCUT2D eigenvalue weighted by Gasteiger charge is 2.09. The van der Waals surface area contributed by atoms with Gasteiger partial charge < -0.3 is 9.88 Å². The fourth-order valence-electron chi connectivity index (χ4n) is 2.33. The number of hydrogen-bond acceptors (Lipinski definition) is 2. The molecule has 5 heteroatoms. The van der Waals surface area contributed by atoms with Gasteiger partial charge in [-0.1, -0.05) is 35.9 Å². The summed E-state index contributed by atoms with van der Waals surface area (Å²) in [7, 11) is 2.01. The van der Waals surface area contributed by atoms with E-state index >= 15 is 0 Å². The third kappa shape index (κ3) is 3.29. The van der Waals surface area contributed by atoms with Crippen LogP contribution in [0.25, 0.3) is 10.9 Å². The van der Waals surface area contributed by atoms with Gasteiger partial charge in [0.1, 0.15) is 0 Å². The van der Waals surface area contributed by atoms with Crippen LogP contribution in [0.1, 0.15) is 0 Å². The number of para-hydroxylation sites is 1. The number of nitrogens with one attached hydrogen (secondary N) is 1. The van der Waals surface area contributed by atoms with Crippen LogP contribution < -0.4 is 5.32 Å². The van der Waals surface area contributed by atoms with Gasteiger partial charge in [-0.15, -0.1) is 11.8 Å². The van der Waals surface area contributed by atoms with E-state index in [9.17, 15) is 4.79 Å². The zero-order chi connectivity index (χ0) is 15.5. The third-order valence-electron chi connectivity index (χ3n) is 3.33. The molecule has 1 heterocycles. The molecule has 0 aliphatic rings. The standard InChI is InChI=1S/C17H15ClN2OS/c1-20-10-16(14-7-2-3-8-15(14)20)22-11-17(21)19-13-6-4-5-12(18)9-13/h2-10H,11H2,1H3,(H,19,21). The summed E-state index contributed by atoms with van der Waals surface area (Å²) in [6, 6.07) is 15.3. The number of thioether (sulfide) groups is 1. The molecule has 0 fully saturated rings. The predicted octanol–water partition coefficient (Wildman–Crippen LogP) is 4.56. The Labute approximate surface area is 138 Å². The van der Waals surface area contributed by atoms with Gasteiger partial charge in [0, 0.05) is 39.8 Å². The smallest absolute Gasteiger partial charge is 0.234 e. The van der Waals surface area contributed by atoms with E-state index < -0.39 is 0 Å². The van der Waals surface area contributed by atoms with Crippen molar-refractivity contribution in [3.63, 3.8) is 0 Å². The number of nitrogens with zero attached hydrogens (tertiary/aromatic N) is 1. The molecule has 22 heavy (non-hydrogen) atoms. The topological polar surface area (TPSA) is 34.0 Å². The van der Waals surface area contributed by atoms with Crippen molar-refractivity contribution in [1.82, 2.24) is 4.57 Å². The summed E-state index contributed by atoms with van der Waals surface area (Å²) in [6.45, 7) is 0. The number of hydrogen-bond donors (Lipinski definition) is 1. The van der Waals surface area contributed by atoms with Gasteiger partial charge in [-0.25, -0.2) is 0 Å². The summed E-state index contributed by atoms with van der Waals surface area (Å²) in [5.41, 5.74) is 1.89. The average Bonchev–Trinajstić information content (AvgIpc) is 2.82. The summed E-state index contributed by atoms with van der Waals surface area (Å²) < 4.78 is 2.08. The Morgan fingerprint density at radius 2 is 2.05 bits per heavy atom. The van der Waals surface area contributed by atoms with E-state index in [1.807, 2.05) is 31.3 Å². The van der Waals surface area contributed by atoms with Crippen molar-refractivity contribution in [3.8, 4) is 0 Å². The van der Waals surface area contributed by atoms with Crippen LogP contribution in [0.3, 0.4) is 0 Å². The van der Waals surface area contributed by atoms with Gasteiger partial charge in [-0.3, -0.25) is 4.79 Å². The lowest BCUT2D eigenvalue weighted by Gasteiger charge is -2.05. The molecule has 3 rings (SSSR count). The SMILES string of the molecule is Cn1cc(SCC(=O)Nc2cccc(Cl)c2)c2ccccc21. The van der Waals surface area contributed by atoms with E-state index in [0.717, 1.165) is 10.6 Å². The van der Waals surface area contributed by atoms with Crippen LogP contribution in [-0.2, 0) is 11.8 Å². The van der Waals surface area contributed by atoms with Gasteiger partial charge >= 0.3 is 0 Å². The second-order valence-electron chi connectivity index (χ2n) is 4.97. The number of carbonyl (C=O) groups is 1. The van der Waals surface area contributed by atoms with Gasteiger partial charge in [0.05, 0.1) is 5.75 Å². The van der Waals surface area contributed by atoms with Crippen LogP contribution in [0, 0.1) is 0 Å². The summed E-state index contributed by atoms with van der Waals surface area (Å²) in [5, 5.41) is 4.64. The number of rotatable bonds is 4. The Hall–Kier alpha value is -1.91. The second-order valence-corrected chi connectivity index (χ2v) is 6.42. The number of halogens is 1. The lowest BCUT2D eigenvalue weighted by atomic mass is 10.2. The van der Waals surface area contributed by atoms with Crippen molar-refractivity contribution >= 4 is 45.9 Å².